The Morgan fingerprint density at radius 1 is 0.950 bits per heavy atom. The summed E-state index contributed by atoms with van der Waals surface area (Å²) in [5, 5.41) is 10.6. The Hall–Kier alpha value is -1.12. The summed E-state index contributed by atoms with van der Waals surface area (Å²) in [4.78, 5) is 0. The summed E-state index contributed by atoms with van der Waals surface area (Å²) in [7, 11) is 0. The Morgan fingerprint density at radius 3 is 2.35 bits per heavy atom. The van der Waals surface area contributed by atoms with Gasteiger partial charge in [-0.3, -0.25) is 0 Å². The zero-order chi connectivity index (χ0) is 14.1. The van der Waals surface area contributed by atoms with Crippen LogP contribution in [-0.4, -0.2) is 5.11 Å². The molecule has 104 valence electrons. The maximum absolute atomic E-state index is 10.6. The van der Waals surface area contributed by atoms with Crippen LogP contribution in [0.25, 0.3) is 0 Å². The van der Waals surface area contributed by atoms with Gasteiger partial charge >= 0.3 is 0 Å². The maximum atomic E-state index is 10.6. The van der Waals surface area contributed by atoms with Crippen molar-refractivity contribution in [1.82, 2.24) is 0 Å². The Balaban J connectivity index is 1.93. The van der Waals surface area contributed by atoms with E-state index < -0.39 is 6.10 Å². The van der Waals surface area contributed by atoms with Crippen LogP contribution >= 0.6 is 15.9 Å². The van der Waals surface area contributed by atoms with Crippen molar-refractivity contribution in [1.29, 1.82) is 0 Å². The normalized spacial score (nSPS) is 15.8. The van der Waals surface area contributed by atoms with E-state index in [1.165, 1.54) is 30.4 Å². The summed E-state index contributed by atoms with van der Waals surface area (Å²) in [5.74, 6) is 0. The van der Waals surface area contributed by atoms with Gasteiger partial charge in [-0.1, -0.05) is 46.3 Å². The van der Waals surface area contributed by atoms with Crippen LogP contribution in [0.5, 0.6) is 0 Å². The van der Waals surface area contributed by atoms with E-state index in [0.29, 0.717) is 0 Å². The van der Waals surface area contributed by atoms with Crippen LogP contribution in [0.2, 0.25) is 0 Å². The van der Waals surface area contributed by atoms with Crippen molar-refractivity contribution in [2.45, 2.75) is 38.7 Å². The Kier molecular flexibility index (Phi) is 3.95. The lowest BCUT2D eigenvalue weighted by Gasteiger charge is -2.19. The van der Waals surface area contributed by atoms with Gasteiger partial charge in [0.15, 0.2) is 0 Å². The number of rotatable bonds is 2. The molecule has 0 heterocycles. The zero-order valence-corrected chi connectivity index (χ0v) is 13.3. The maximum Gasteiger partial charge on any atom is 0.104 e. The van der Waals surface area contributed by atoms with E-state index in [2.05, 4.69) is 34.1 Å². The first-order valence-electron chi connectivity index (χ1n) is 7.21. The predicted octanol–water partition coefficient (Wildman–Crippen LogP) is 4.72. The molecule has 1 aliphatic rings. The summed E-state index contributed by atoms with van der Waals surface area (Å²) in [6, 6.07) is 12.5. The minimum Gasteiger partial charge on any atom is -0.384 e. The van der Waals surface area contributed by atoms with E-state index in [0.717, 1.165) is 27.6 Å². The monoisotopic (exact) mass is 330 g/mol. The molecule has 2 aromatic carbocycles. The van der Waals surface area contributed by atoms with Crippen LogP contribution in [0.4, 0.5) is 0 Å². The molecule has 0 aliphatic heterocycles. The topological polar surface area (TPSA) is 20.2 Å². The standard InChI is InChI=1S/C18H19BrO/c1-12-10-15(8-9-17(12)19)18(20)16-7-6-13-4-2-3-5-14(13)11-16/h6-11,18,20H,2-5H2,1H3. The molecule has 0 bridgehead atoms. The molecular formula is C18H19BrO. The molecule has 0 aromatic heterocycles. The molecule has 1 aliphatic carbocycles. The molecule has 0 fully saturated rings. The lowest BCUT2D eigenvalue weighted by Crippen LogP contribution is -2.06. The second kappa shape index (κ2) is 5.71. The summed E-state index contributed by atoms with van der Waals surface area (Å²) in [5.41, 5.74) is 5.99. The number of aliphatic hydroxyl groups is 1. The number of hydrogen-bond donors (Lipinski definition) is 1. The van der Waals surface area contributed by atoms with Crippen LogP contribution in [0, 0.1) is 6.92 Å². The SMILES string of the molecule is Cc1cc(C(O)c2ccc3c(c2)CCCC3)ccc1Br. The van der Waals surface area contributed by atoms with Crippen molar-refractivity contribution in [3.05, 3.63) is 68.7 Å². The first kappa shape index (κ1) is 13.8. The summed E-state index contributed by atoms with van der Waals surface area (Å²) in [6.07, 6.45) is 4.36. The molecule has 20 heavy (non-hydrogen) atoms. The number of fused-ring (bicyclic) bond motifs is 1. The molecule has 0 saturated heterocycles. The first-order valence-corrected chi connectivity index (χ1v) is 8.00. The van der Waals surface area contributed by atoms with Crippen molar-refractivity contribution >= 4 is 15.9 Å². The number of hydrogen-bond acceptors (Lipinski definition) is 1. The zero-order valence-electron chi connectivity index (χ0n) is 11.7. The summed E-state index contributed by atoms with van der Waals surface area (Å²) < 4.78 is 1.08. The molecule has 1 N–H and O–H groups in total. The van der Waals surface area contributed by atoms with Crippen molar-refractivity contribution in [2.75, 3.05) is 0 Å². The van der Waals surface area contributed by atoms with Gasteiger partial charge < -0.3 is 5.11 Å². The fraction of sp³-hybridized carbons (Fsp3) is 0.333. The highest BCUT2D eigenvalue weighted by atomic mass is 79.9. The fourth-order valence-corrected chi connectivity index (χ4v) is 3.20. The number of aryl methyl sites for hydroxylation is 3. The van der Waals surface area contributed by atoms with Crippen LogP contribution in [0.15, 0.2) is 40.9 Å². The molecule has 0 spiro atoms. The van der Waals surface area contributed by atoms with Gasteiger partial charge in [-0.15, -0.1) is 0 Å². The minimum atomic E-state index is -0.533. The van der Waals surface area contributed by atoms with E-state index >= 15 is 0 Å². The van der Waals surface area contributed by atoms with E-state index in [9.17, 15) is 5.11 Å². The van der Waals surface area contributed by atoms with Gasteiger partial charge in [0.1, 0.15) is 6.10 Å². The highest BCUT2D eigenvalue weighted by molar-refractivity contribution is 9.10. The fourth-order valence-electron chi connectivity index (χ4n) is 2.95. The Labute approximate surface area is 128 Å². The van der Waals surface area contributed by atoms with Crippen LogP contribution in [0.3, 0.4) is 0 Å². The molecule has 1 nitrogen and oxygen atoms in total. The molecular weight excluding hydrogens is 312 g/mol. The van der Waals surface area contributed by atoms with Crippen molar-refractivity contribution in [3.63, 3.8) is 0 Å². The smallest absolute Gasteiger partial charge is 0.104 e. The molecule has 2 aromatic rings. The minimum absolute atomic E-state index is 0.533. The molecule has 2 heteroatoms. The van der Waals surface area contributed by atoms with E-state index in [1.54, 1.807) is 0 Å². The molecule has 3 rings (SSSR count). The van der Waals surface area contributed by atoms with Gasteiger partial charge in [0.25, 0.3) is 0 Å². The van der Waals surface area contributed by atoms with Gasteiger partial charge in [-0.2, -0.15) is 0 Å². The third-order valence-electron chi connectivity index (χ3n) is 4.19. The van der Waals surface area contributed by atoms with Crippen LogP contribution in [-0.2, 0) is 12.8 Å². The van der Waals surface area contributed by atoms with Gasteiger partial charge in [0, 0.05) is 4.47 Å². The predicted molar refractivity (Wildman–Crippen MR) is 86.0 cm³/mol. The highest BCUT2D eigenvalue weighted by Crippen LogP contribution is 2.29. The highest BCUT2D eigenvalue weighted by Gasteiger charge is 2.15. The Morgan fingerprint density at radius 2 is 1.60 bits per heavy atom. The average Bonchev–Trinajstić information content (AvgIpc) is 2.49. The second-order valence-electron chi connectivity index (χ2n) is 5.65. The van der Waals surface area contributed by atoms with Crippen LogP contribution in [0.1, 0.15) is 46.8 Å². The number of aliphatic hydroxyl groups excluding tert-OH is 1. The van der Waals surface area contributed by atoms with Gasteiger partial charge in [0.2, 0.25) is 0 Å². The van der Waals surface area contributed by atoms with Crippen molar-refractivity contribution < 1.29 is 5.11 Å². The van der Waals surface area contributed by atoms with Crippen molar-refractivity contribution in [3.8, 4) is 0 Å². The third-order valence-corrected chi connectivity index (χ3v) is 5.08. The van der Waals surface area contributed by atoms with Crippen molar-refractivity contribution in [2.24, 2.45) is 0 Å². The van der Waals surface area contributed by atoms with Gasteiger partial charge in [-0.05, 0) is 66.5 Å². The largest absolute Gasteiger partial charge is 0.384 e. The van der Waals surface area contributed by atoms with E-state index in [4.69, 9.17) is 0 Å². The molecule has 0 radical (unpaired) electrons. The summed E-state index contributed by atoms with van der Waals surface area (Å²) in [6.45, 7) is 2.05. The molecule has 1 atom stereocenters. The second-order valence-corrected chi connectivity index (χ2v) is 6.50. The lowest BCUT2D eigenvalue weighted by atomic mass is 9.88. The molecule has 1 unspecified atom stereocenters. The quantitative estimate of drug-likeness (QED) is 0.844. The first-order chi connectivity index (χ1) is 9.65. The molecule has 0 saturated carbocycles. The van der Waals surface area contributed by atoms with Crippen LogP contribution < -0.4 is 0 Å². The van der Waals surface area contributed by atoms with Gasteiger partial charge in [0.05, 0.1) is 0 Å². The van der Waals surface area contributed by atoms with E-state index in [1.807, 2.05) is 25.1 Å². The lowest BCUT2D eigenvalue weighted by molar-refractivity contribution is 0.220. The van der Waals surface area contributed by atoms with E-state index in [-0.39, 0.29) is 0 Å². The van der Waals surface area contributed by atoms with Gasteiger partial charge in [-0.25, -0.2) is 0 Å². The molecule has 0 amide bonds. The third kappa shape index (κ3) is 2.68. The Bertz CT molecular complexity index is 633. The average molecular weight is 331 g/mol. The number of halogens is 1. The summed E-state index contributed by atoms with van der Waals surface area (Å²) >= 11 is 3.50. The number of benzene rings is 2.